The quantitative estimate of drug-likeness (QED) is 0.106. The van der Waals surface area contributed by atoms with Gasteiger partial charge in [-0.2, -0.15) is 0 Å². The Morgan fingerprint density at radius 2 is 1.52 bits per heavy atom. The number of aliphatic carboxylic acids is 1. The number of carbonyl (C=O) groups excluding carboxylic acids is 2. The van der Waals surface area contributed by atoms with Gasteiger partial charge in [0.05, 0.1) is 18.6 Å². The van der Waals surface area contributed by atoms with Crippen LogP contribution in [-0.4, -0.2) is 79.3 Å². The molecule has 0 saturated carbocycles. The number of nitrogens with zero attached hydrogens (tertiary/aromatic N) is 1. The van der Waals surface area contributed by atoms with Gasteiger partial charge in [0, 0.05) is 35.0 Å². The Morgan fingerprint density at radius 3 is 2.13 bits per heavy atom. The monoisotopic (exact) mass is 638 g/mol. The van der Waals surface area contributed by atoms with Gasteiger partial charge in [-0.25, -0.2) is 4.39 Å². The van der Waals surface area contributed by atoms with Crippen LogP contribution in [0.5, 0.6) is 0 Å². The van der Waals surface area contributed by atoms with E-state index in [9.17, 15) is 29.0 Å². The van der Waals surface area contributed by atoms with Crippen LogP contribution in [0.15, 0.2) is 78.9 Å². The number of rotatable bonds is 14. The van der Waals surface area contributed by atoms with E-state index in [0.29, 0.717) is 28.8 Å². The molecule has 0 aliphatic heterocycles. The van der Waals surface area contributed by atoms with Crippen LogP contribution in [0.25, 0.3) is 22.3 Å². The maximum absolute atomic E-state index is 14.2. The zero-order valence-corrected chi connectivity index (χ0v) is 25.7. The molecule has 4 rings (SSSR count). The Labute approximate surface area is 290 Å². The van der Waals surface area contributed by atoms with Crippen LogP contribution in [0.3, 0.4) is 0 Å². The Bertz CT molecular complexity index is 1650. The van der Waals surface area contributed by atoms with Crippen molar-refractivity contribution in [3.8, 4) is 22.3 Å². The van der Waals surface area contributed by atoms with Gasteiger partial charge < -0.3 is 25.2 Å². The van der Waals surface area contributed by atoms with Crippen LogP contribution in [-0.2, 0) is 17.8 Å². The number of carboxylic acid groups (broad SMARTS) is 1. The van der Waals surface area contributed by atoms with E-state index in [-0.39, 0.29) is 66.7 Å². The number of aliphatic hydroxyl groups is 2. The predicted octanol–water partition coefficient (Wildman–Crippen LogP) is 5.55. The number of aliphatic hydroxyl groups excluding tert-OH is 2. The molecule has 0 aliphatic carbocycles. The average molecular weight is 639 g/mol. The normalized spacial score (nSPS) is 12.3. The molecule has 0 radical (unpaired) electrons. The molecule has 8 nitrogen and oxygen atoms in total. The number of ketones is 1. The molecule has 0 saturated heterocycles. The van der Waals surface area contributed by atoms with E-state index in [2.05, 4.69) is 5.32 Å². The third kappa shape index (κ3) is 9.24. The van der Waals surface area contributed by atoms with Gasteiger partial charge in [-0.15, -0.1) is 0 Å². The van der Waals surface area contributed by atoms with Gasteiger partial charge in [0.15, 0.2) is 5.78 Å². The molecule has 4 aromatic rings. The summed E-state index contributed by atoms with van der Waals surface area (Å²) < 4.78 is 16.0. The van der Waals surface area contributed by atoms with Crippen molar-refractivity contribution in [3.05, 3.63) is 107 Å². The minimum atomic E-state index is -1.20. The summed E-state index contributed by atoms with van der Waals surface area (Å²) in [4.78, 5) is 37.1. The second kappa shape index (κ2) is 16.8. The molecule has 3 aromatic carbocycles. The molecule has 2 unspecified atom stereocenters. The van der Waals surface area contributed by atoms with Gasteiger partial charge in [-0.3, -0.25) is 14.4 Å². The van der Waals surface area contributed by atoms with Gasteiger partial charge in [0.1, 0.15) is 11.5 Å². The first kappa shape index (κ1) is 36.9. The Morgan fingerprint density at radius 1 is 0.870 bits per heavy atom. The van der Waals surface area contributed by atoms with E-state index in [1.54, 1.807) is 30.3 Å². The van der Waals surface area contributed by atoms with Gasteiger partial charge in [-0.1, -0.05) is 60.7 Å². The topological polar surface area (TPSA) is 129 Å². The number of carbonyl (C=O) groups is 3. The Hall–Kier alpha value is -3.60. The maximum atomic E-state index is 14.2. The molecule has 238 valence electrons. The van der Waals surface area contributed by atoms with Gasteiger partial charge in [-0.05, 0) is 74.9 Å². The van der Waals surface area contributed by atoms with Crippen LogP contribution in [0, 0.1) is 5.82 Å². The molecule has 0 bridgehead atoms. The van der Waals surface area contributed by atoms with Crippen molar-refractivity contribution < 1.29 is 34.1 Å². The predicted molar refractivity (Wildman–Crippen MR) is 178 cm³/mol. The summed E-state index contributed by atoms with van der Waals surface area (Å²) >= 11 is 0. The van der Waals surface area contributed by atoms with E-state index in [4.69, 9.17) is 5.11 Å². The molecule has 4 N–H and O–H groups in total. The number of amides is 1. The van der Waals surface area contributed by atoms with E-state index in [1.165, 1.54) is 19.1 Å². The molecule has 0 aliphatic rings. The van der Waals surface area contributed by atoms with Crippen molar-refractivity contribution in [2.45, 2.75) is 71.2 Å². The van der Waals surface area contributed by atoms with Crippen LogP contribution in [0.4, 0.5) is 4.39 Å². The van der Waals surface area contributed by atoms with Crippen molar-refractivity contribution in [2.24, 2.45) is 0 Å². The van der Waals surface area contributed by atoms with Crippen LogP contribution in [0.1, 0.15) is 78.2 Å². The molecule has 0 spiro atoms. The zero-order chi connectivity index (χ0) is 32.7. The number of aromatic nitrogens is 1. The molecular formula is C36H40FN2NaO6. The molecule has 1 aromatic heterocycles. The molecular weight excluding hydrogens is 598 g/mol. The third-order valence-corrected chi connectivity index (χ3v) is 7.69. The van der Waals surface area contributed by atoms with Gasteiger partial charge >= 0.3 is 35.5 Å². The van der Waals surface area contributed by atoms with Crippen LogP contribution < -0.4 is 5.32 Å². The Balaban J connectivity index is 0.00000576. The summed E-state index contributed by atoms with van der Waals surface area (Å²) in [5.74, 6) is -1.98. The number of benzene rings is 3. The second-order valence-electron chi connectivity index (χ2n) is 11.5. The van der Waals surface area contributed by atoms with E-state index >= 15 is 0 Å². The third-order valence-electron chi connectivity index (χ3n) is 7.69. The SMILES string of the molecule is CC(=O)c1cccc(CNC(=O)c2c(-c3ccccc3)c(-c3ccc(F)cc3)c(CCC(O)CC(O)CC(=O)O)n2C(C)C)c1.[NaH]. The number of Topliss-reactive ketones (excluding diaryl/α,β-unsaturated/α-hetero) is 1. The number of nitrogens with one attached hydrogen (secondary N) is 1. The van der Waals surface area contributed by atoms with Crippen molar-refractivity contribution in [1.82, 2.24) is 9.88 Å². The summed E-state index contributed by atoms with van der Waals surface area (Å²) in [6, 6.07) is 22.4. The van der Waals surface area contributed by atoms with Crippen molar-refractivity contribution >= 4 is 47.2 Å². The first-order valence-electron chi connectivity index (χ1n) is 15.0. The summed E-state index contributed by atoms with van der Waals surface area (Å²) in [7, 11) is 0. The number of hydrogen-bond donors (Lipinski definition) is 4. The van der Waals surface area contributed by atoms with E-state index in [0.717, 1.165) is 22.4 Å². The standard InChI is InChI=1S/C36H39FN2O6.Na.H/c1-22(2)39-31(17-16-29(41)19-30(42)20-32(43)44)33(26-12-14-28(37)15-13-26)34(25-9-5-4-6-10-25)35(39)36(45)38-21-24-8-7-11-27(18-24)23(3)40;;/h4-15,18,22,29-30,41-42H,16-17,19-21H2,1-3H3,(H,38,45)(H,43,44);;. The summed E-state index contributed by atoms with van der Waals surface area (Å²) in [6.07, 6.45) is -2.30. The minimum absolute atomic E-state index is 0. The Kier molecular flexibility index (Phi) is 13.5. The average Bonchev–Trinajstić information content (AvgIpc) is 3.35. The van der Waals surface area contributed by atoms with Crippen molar-refractivity contribution in [2.75, 3.05) is 0 Å². The van der Waals surface area contributed by atoms with Crippen molar-refractivity contribution in [1.29, 1.82) is 0 Å². The summed E-state index contributed by atoms with van der Waals surface area (Å²) in [6.45, 7) is 5.57. The molecule has 1 amide bonds. The number of halogens is 1. The zero-order valence-electron chi connectivity index (χ0n) is 25.7. The van der Waals surface area contributed by atoms with Crippen molar-refractivity contribution in [3.63, 3.8) is 0 Å². The van der Waals surface area contributed by atoms with Gasteiger partial charge in [0.25, 0.3) is 5.91 Å². The molecule has 0 fully saturated rings. The van der Waals surface area contributed by atoms with Crippen LogP contribution in [0.2, 0.25) is 0 Å². The molecule has 46 heavy (non-hydrogen) atoms. The first-order valence-corrected chi connectivity index (χ1v) is 15.0. The molecule has 2 atom stereocenters. The fourth-order valence-electron chi connectivity index (χ4n) is 5.68. The van der Waals surface area contributed by atoms with Gasteiger partial charge in [0.2, 0.25) is 0 Å². The fourth-order valence-corrected chi connectivity index (χ4v) is 5.68. The summed E-state index contributed by atoms with van der Waals surface area (Å²) in [5, 5.41) is 32.9. The first-order chi connectivity index (χ1) is 21.5. The second-order valence-corrected chi connectivity index (χ2v) is 11.5. The molecule has 10 heteroatoms. The molecule has 1 heterocycles. The summed E-state index contributed by atoms with van der Waals surface area (Å²) in [5.41, 5.74) is 5.29. The van der Waals surface area contributed by atoms with Crippen LogP contribution >= 0.6 is 0 Å². The number of hydrogen-bond acceptors (Lipinski definition) is 5. The van der Waals surface area contributed by atoms with E-state index < -0.39 is 30.4 Å². The number of carboxylic acids is 1. The van der Waals surface area contributed by atoms with E-state index in [1.807, 2.05) is 54.8 Å². The fraction of sp³-hybridized carbons (Fsp3) is 0.306.